The SMILES string of the molecule is C#C[C@@H]1[C@@H](CCCc2ccc(C(=O)OC)s2)[C@H](Cl)C[C@H]1OC1CCCCO1. The highest BCUT2D eigenvalue weighted by molar-refractivity contribution is 7.13. The number of alkyl halides is 1. The second kappa shape index (κ2) is 9.93. The molecule has 1 unspecified atom stereocenters. The Hall–Kier alpha value is -1.06. The number of methoxy groups -OCH3 is 1. The molecule has 0 aromatic carbocycles. The molecule has 1 aromatic rings. The van der Waals surface area contributed by atoms with Crippen LogP contribution in [0.25, 0.3) is 0 Å². The Balaban J connectivity index is 1.50. The Morgan fingerprint density at radius 1 is 1.44 bits per heavy atom. The first-order chi connectivity index (χ1) is 13.1. The predicted octanol–water partition coefficient (Wildman–Crippen LogP) is 4.65. The number of carbonyl (C=O) groups excluding carboxylic acids is 1. The summed E-state index contributed by atoms with van der Waals surface area (Å²) >= 11 is 8.13. The van der Waals surface area contributed by atoms with E-state index in [9.17, 15) is 4.79 Å². The number of hydrogen-bond donors (Lipinski definition) is 0. The lowest BCUT2D eigenvalue weighted by molar-refractivity contribution is -0.192. The van der Waals surface area contributed by atoms with Gasteiger partial charge in [-0.15, -0.1) is 35.3 Å². The summed E-state index contributed by atoms with van der Waals surface area (Å²) in [6, 6.07) is 3.82. The van der Waals surface area contributed by atoms with Gasteiger partial charge in [0.15, 0.2) is 6.29 Å². The van der Waals surface area contributed by atoms with Crippen LogP contribution in [-0.4, -0.2) is 37.5 Å². The van der Waals surface area contributed by atoms with Gasteiger partial charge in [0.2, 0.25) is 0 Å². The van der Waals surface area contributed by atoms with Crippen LogP contribution in [0.2, 0.25) is 0 Å². The quantitative estimate of drug-likeness (QED) is 0.373. The third-order valence-corrected chi connectivity index (χ3v) is 7.08. The van der Waals surface area contributed by atoms with E-state index in [2.05, 4.69) is 5.92 Å². The first kappa shape index (κ1) is 20.7. The van der Waals surface area contributed by atoms with Crippen LogP contribution in [-0.2, 0) is 20.6 Å². The molecule has 1 aliphatic heterocycles. The number of ether oxygens (including phenoxy) is 3. The fraction of sp³-hybridized carbons (Fsp3) is 0.667. The molecule has 0 bridgehead atoms. The van der Waals surface area contributed by atoms with Gasteiger partial charge in [-0.3, -0.25) is 0 Å². The molecule has 4 nitrogen and oxygen atoms in total. The molecule has 0 amide bonds. The minimum atomic E-state index is -0.278. The van der Waals surface area contributed by atoms with E-state index in [1.807, 2.05) is 12.1 Å². The van der Waals surface area contributed by atoms with Crippen LogP contribution in [0.4, 0.5) is 0 Å². The third-order valence-electron chi connectivity index (χ3n) is 5.45. The molecule has 0 radical (unpaired) electrons. The van der Waals surface area contributed by atoms with E-state index in [1.54, 1.807) is 0 Å². The summed E-state index contributed by atoms with van der Waals surface area (Å²) in [5, 5.41) is 0.0357. The van der Waals surface area contributed by atoms with Gasteiger partial charge in [-0.2, -0.15) is 0 Å². The number of halogens is 1. The van der Waals surface area contributed by atoms with Crippen molar-refractivity contribution >= 4 is 28.9 Å². The van der Waals surface area contributed by atoms with E-state index < -0.39 is 0 Å². The van der Waals surface area contributed by atoms with Gasteiger partial charge in [0, 0.05) is 16.9 Å². The number of aryl methyl sites for hydroxylation is 1. The van der Waals surface area contributed by atoms with Crippen molar-refractivity contribution in [3.8, 4) is 12.3 Å². The van der Waals surface area contributed by atoms with Gasteiger partial charge < -0.3 is 14.2 Å². The van der Waals surface area contributed by atoms with Gasteiger partial charge in [-0.05, 0) is 63.0 Å². The van der Waals surface area contributed by atoms with Crippen molar-refractivity contribution in [2.45, 2.75) is 62.7 Å². The summed E-state index contributed by atoms with van der Waals surface area (Å²) < 4.78 is 16.6. The van der Waals surface area contributed by atoms with Crippen LogP contribution in [0.5, 0.6) is 0 Å². The number of carbonyl (C=O) groups is 1. The molecule has 1 saturated heterocycles. The molecular formula is C21H27ClO4S. The van der Waals surface area contributed by atoms with Gasteiger partial charge in [0.1, 0.15) is 4.88 Å². The monoisotopic (exact) mass is 410 g/mol. The highest BCUT2D eigenvalue weighted by atomic mass is 35.5. The van der Waals surface area contributed by atoms with E-state index in [0.717, 1.165) is 51.6 Å². The fourth-order valence-corrected chi connectivity index (χ4v) is 5.45. The van der Waals surface area contributed by atoms with E-state index >= 15 is 0 Å². The summed E-state index contributed by atoms with van der Waals surface area (Å²) in [6.45, 7) is 0.764. The van der Waals surface area contributed by atoms with Crippen LogP contribution in [0.3, 0.4) is 0 Å². The van der Waals surface area contributed by atoms with E-state index in [4.69, 9.17) is 32.2 Å². The summed E-state index contributed by atoms with van der Waals surface area (Å²) in [5.74, 6) is 2.95. The Morgan fingerprint density at radius 3 is 3.00 bits per heavy atom. The molecule has 0 N–H and O–H groups in total. The van der Waals surface area contributed by atoms with Gasteiger partial charge in [-0.25, -0.2) is 4.79 Å². The van der Waals surface area contributed by atoms with Crippen LogP contribution < -0.4 is 0 Å². The number of thiophene rings is 1. The lowest BCUT2D eigenvalue weighted by Crippen LogP contribution is -2.30. The lowest BCUT2D eigenvalue weighted by atomic mass is 9.90. The van der Waals surface area contributed by atoms with Gasteiger partial charge in [0.05, 0.1) is 19.1 Å². The zero-order valence-electron chi connectivity index (χ0n) is 15.7. The zero-order chi connectivity index (χ0) is 19.2. The summed E-state index contributed by atoms with van der Waals surface area (Å²) in [6.07, 6.45) is 12.5. The van der Waals surface area contributed by atoms with Crippen molar-refractivity contribution in [2.75, 3.05) is 13.7 Å². The predicted molar refractivity (Wildman–Crippen MR) is 107 cm³/mol. The zero-order valence-corrected chi connectivity index (χ0v) is 17.3. The second-order valence-corrected chi connectivity index (χ2v) is 8.96. The maximum absolute atomic E-state index is 11.6. The Kier molecular flexibility index (Phi) is 7.60. The smallest absolute Gasteiger partial charge is 0.348 e. The van der Waals surface area contributed by atoms with Crippen molar-refractivity contribution in [1.82, 2.24) is 0 Å². The number of hydrogen-bond acceptors (Lipinski definition) is 5. The number of terminal acetylenes is 1. The summed E-state index contributed by atoms with van der Waals surface area (Å²) in [5.41, 5.74) is 0. The van der Waals surface area contributed by atoms with Crippen LogP contribution in [0.15, 0.2) is 12.1 Å². The second-order valence-electron chi connectivity index (χ2n) is 7.23. The minimum Gasteiger partial charge on any atom is -0.465 e. The fourth-order valence-electron chi connectivity index (χ4n) is 4.02. The Labute approximate surface area is 170 Å². The molecule has 148 valence electrons. The maximum Gasteiger partial charge on any atom is 0.348 e. The van der Waals surface area contributed by atoms with Crippen LogP contribution in [0, 0.1) is 24.2 Å². The molecule has 27 heavy (non-hydrogen) atoms. The molecular weight excluding hydrogens is 384 g/mol. The molecule has 2 fully saturated rings. The van der Waals surface area contributed by atoms with Gasteiger partial charge >= 0.3 is 5.97 Å². The van der Waals surface area contributed by atoms with Gasteiger partial charge in [0.25, 0.3) is 0 Å². The molecule has 6 heteroatoms. The van der Waals surface area contributed by atoms with Crippen LogP contribution >= 0.6 is 22.9 Å². The lowest BCUT2D eigenvalue weighted by Gasteiger charge is -2.28. The Morgan fingerprint density at radius 2 is 2.30 bits per heavy atom. The topological polar surface area (TPSA) is 44.8 Å². The van der Waals surface area contributed by atoms with Crippen molar-refractivity contribution in [1.29, 1.82) is 0 Å². The highest BCUT2D eigenvalue weighted by Gasteiger charge is 2.43. The van der Waals surface area contributed by atoms with Crippen molar-refractivity contribution in [3.05, 3.63) is 21.9 Å². The van der Waals surface area contributed by atoms with Crippen molar-refractivity contribution in [2.24, 2.45) is 11.8 Å². The molecule has 1 saturated carbocycles. The summed E-state index contributed by atoms with van der Waals surface area (Å²) in [7, 11) is 1.40. The molecule has 2 heterocycles. The van der Waals surface area contributed by atoms with Gasteiger partial charge in [-0.1, -0.05) is 0 Å². The molecule has 0 spiro atoms. The molecule has 2 aliphatic rings. The molecule has 1 aliphatic carbocycles. The van der Waals surface area contributed by atoms with E-state index in [-0.39, 0.29) is 35.6 Å². The first-order valence-electron chi connectivity index (χ1n) is 9.66. The maximum atomic E-state index is 11.6. The standard InChI is InChI=1S/C21H27ClO4S/c1-3-15-16(8-6-7-14-10-11-19(27-14)21(23)24-2)17(22)13-18(15)26-20-9-4-5-12-25-20/h1,10-11,15-18,20H,4-9,12-13H2,2H3/t15-,16-,17-,18-,20?/m1/s1. The van der Waals surface area contributed by atoms with Crippen molar-refractivity contribution < 1.29 is 19.0 Å². The van der Waals surface area contributed by atoms with Crippen molar-refractivity contribution in [3.63, 3.8) is 0 Å². The molecule has 3 rings (SSSR count). The van der Waals surface area contributed by atoms with E-state index in [0.29, 0.717) is 4.88 Å². The Bertz CT molecular complexity index is 661. The van der Waals surface area contributed by atoms with Crippen LogP contribution in [0.1, 0.15) is 53.1 Å². The van der Waals surface area contributed by atoms with E-state index in [1.165, 1.54) is 23.3 Å². The summed E-state index contributed by atoms with van der Waals surface area (Å²) in [4.78, 5) is 13.4. The molecule has 1 aromatic heterocycles. The molecule has 5 atom stereocenters. The average Bonchev–Trinajstić information content (AvgIpc) is 3.27. The largest absolute Gasteiger partial charge is 0.465 e. The number of rotatable bonds is 7. The average molecular weight is 411 g/mol. The first-order valence-corrected chi connectivity index (χ1v) is 10.9. The minimum absolute atomic E-state index is 0.0155. The third kappa shape index (κ3) is 5.26. The number of esters is 1. The highest BCUT2D eigenvalue weighted by Crippen LogP contribution is 2.41. The normalized spacial score (nSPS) is 30.8.